The second kappa shape index (κ2) is 7.07. The van der Waals surface area contributed by atoms with Gasteiger partial charge in [0.1, 0.15) is 0 Å². The van der Waals surface area contributed by atoms with Crippen molar-refractivity contribution in [2.75, 3.05) is 36.4 Å². The number of aryl methyl sites for hydroxylation is 1. The van der Waals surface area contributed by atoms with Gasteiger partial charge in [-0.3, -0.25) is 5.10 Å². The molecule has 134 valence electrons. The highest BCUT2D eigenvalue weighted by atomic mass is 16.2. The van der Waals surface area contributed by atoms with E-state index >= 15 is 0 Å². The normalized spacial score (nSPS) is 15.1. The third kappa shape index (κ3) is 3.22. The molecule has 2 amide bonds. The van der Waals surface area contributed by atoms with E-state index < -0.39 is 0 Å². The van der Waals surface area contributed by atoms with Crippen LogP contribution >= 0.6 is 0 Å². The minimum atomic E-state index is -0.0506. The van der Waals surface area contributed by atoms with Gasteiger partial charge in [0.05, 0.1) is 17.4 Å². The zero-order valence-electron chi connectivity index (χ0n) is 14.9. The third-order valence-electron chi connectivity index (χ3n) is 4.97. The van der Waals surface area contributed by atoms with Gasteiger partial charge in [0, 0.05) is 37.3 Å². The van der Waals surface area contributed by atoms with E-state index in [1.807, 2.05) is 23.1 Å². The summed E-state index contributed by atoms with van der Waals surface area (Å²) in [5, 5.41) is 11.0. The highest BCUT2D eigenvalue weighted by molar-refractivity contribution is 6.00. The molecular formula is C20H23N5O. The molecule has 6 heteroatoms. The Morgan fingerprint density at radius 3 is 2.85 bits per heavy atom. The van der Waals surface area contributed by atoms with Gasteiger partial charge in [0.25, 0.3) is 0 Å². The van der Waals surface area contributed by atoms with Gasteiger partial charge in [0.2, 0.25) is 0 Å². The predicted octanol–water partition coefficient (Wildman–Crippen LogP) is 3.62. The molecule has 0 aliphatic carbocycles. The number of carbonyl (C=O) groups is 1. The monoisotopic (exact) mass is 349 g/mol. The van der Waals surface area contributed by atoms with Gasteiger partial charge in [-0.05, 0) is 37.1 Å². The topological polar surface area (TPSA) is 64.3 Å². The minimum absolute atomic E-state index is 0.0506. The summed E-state index contributed by atoms with van der Waals surface area (Å²) in [6, 6.07) is 14.2. The van der Waals surface area contributed by atoms with Crippen molar-refractivity contribution in [1.29, 1.82) is 0 Å². The minimum Gasteiger partial charge on any atom is -0.369 e. The third-order valence-corrected chi connectivity index (χ3v) is 4.97. The fourth-order valence-electron chi connectivity index (χ4n) is 3.55. The Morgan fingerprint density at radius 2 is 1.96 bits per heavy atom. The lowest BCUT2D eigenvalue weighted by molar-refractivity contribution is 0.215. The lowest BCUT2D eigenvalue weighted by Gasteiger charge is -2.25. The van der Waals surface area contributed by atoms with E-state index in [0.29, 0.717) is 6.54 Å². The molecule has 0 spiro atoms. The Labute approximate surface area is 152 Å². The van der Waals surface area contributed by atoms with E-state index in [0.717, 1.165) is 42.6 Å². The van der Waals surface area contributed by atoms with Crippen molar-refractivity contribution in [3.8, 4) is 0 Å². The van der Waals surface area contributed by atoms with Crippen molar-refractivity contribution in [2.24, 2.45) is 0 Å². The van der Waals surface area contributed by atoms with Crippen molar-refractivity contribution < 1.29 is 4.79 Å². The number of fused-ring (bicyclic) bond motifs is 1. The van der Waals surface area contributed by atoms with Crippen LogP contribution in [0.15, 0.2) is 48.7 Å². The quantitative estimate of drug-likeness (QED) is 0.743. The maximum atomic E-state index is 12.8. The van der Waals surface area contributed by atoms with Gasteiger partial charge in [-0.1, -0.05) is 24.3 Å². The molecule has 3 aromatic rings. The first-order valence-corrected chi connectivity index (χ1v) is 9.01. The molecule has 0 radical (unpaired) electrons. The zero-order valence-corrected chi connectivity index (χ0v) is 14.9. The van der Waals surface area contributed by atoms with E-state index in [9.17, 15) is 4.79 Å². The largest absolute Gasteiger partial charge is 0.369 e. The van der Waals surface area contributed by atoms with Crippen LogP contribution in [0.3, 0.4) is 0 Å². The molecule has 0 saturated carbocycles. The second-order valence-corrected chi connectivity index (χ2v) is 6.68. The van der Waals surface area contributed by atoms with Crippen LogP contribution in [-0.4, -0.2) is 47.3 Å². The Bertz CT molecular complexity index is 919. The molecule has 26 heavy (non-hydrogen) atoms. The smallest absolute Gasteiger partial charge is 0.321 e. The summed E-state index contributed by atoms with van der Waals surface area (Å²) in [4.78, 5) is 17.0. The van der Waals surface area contributed by atoms with Gasteiger partial charge in [-0.15, -0.1) is 0 Å². The number of amides is 2. The number of benzene rings is 2. The van der Waals surface area contributed by atoms with Crippen molar-refractivity contribution in [1.82, 2.24) is 15.1 Å². The number of rotatable bonds is 2. The SMILES string of the molecule is Cc1ccccc1N1CCCN(C(=O)Nc2cccc3[nH]ncc23)CC1. The van der Waals surface area contributed by atoms with Crippen molar-refractivity contribution in [3.63, 3.8) is 0 Å². The molecule has 1 aliphatic rings. The van der Waals surface area contributed by atoms with Crippen LogP contribution in [0.2, 0.25) is 0 Å². The summed E-state index contributed by atoms with van der Waals surface area (Å²) in [6.07, 6.45) is 2.70. The number of hydrogen-bond acceptors (Lipinski definition) is 3. The van der Waals surface area contributed by atoms with Crippen LogP contribution in [-0.2, 0) is 0 Å². The molecule has 2 heterocycles. The Kier molecular flexibility index (Phi) is 4.48. The first kappa shape index (κ1) is 16.4. The van der Waals surface area contributed by atoms with Crippen LogP contribution in [0.1, 0.15) is 12.0 Å². The van der Waals surface area contributed by atoms with E-state index in [2.05, 4.69) is 51.6 Å². The van der Waals surface area contributed by atoms with E-state index in [4.69, 9.17) is 0 Å². The van der Waals surface area contributed by atoms with Gasteiger partial charge in [0.15, 0.2) is 0 Å². The molecule has 1 fully saturated rings. The number of aromatic nitrogens is 2. The van der Waals surface area contributed by atoms with Crippen LogP contribution < -0.4 is 10.2 Å². The Hall–Kier alpha value is -3.02. The fraction of sp³-hybridized carbons (Fsp3) is 0.300. The molecule has 1 aliphatic heterocycles. The summed E-state index contributed by atoms with van der Waals surface area (Å²) >= 11 is 0. The number of nitrogens with zero attached hydrogens (tertiary/aromatic N) is 3. The molecule has 1 saturated heterocycles. The van der Waals surface area contributed by atoms with Crippen LogP contribution in [0.5, 0.6) is 0 Å². The number of carbonyl (C=O) groups excluding carboxylic acids is 1. The molecule has 6 nitrogen and oxygen atoms in total. The molecule has 0 bridgehead atoms. The zero-order chi connectivity index (χ0) is 17.9. The van der Waals surface area contributed by atoms with Crippen molar-refractivity contribution in [2.45, 2.75) is 13.3 Å². The number of para-hydroxylation sites is 1. The average Bonchev–Trinajstić information content (AvgIpc) is 3.00. The summed E-state index contributed by atoms with van der Waals surface area (Å²) in [5.41, 5.74) is 4.25. The van der Waals surface area contributed by atoms with E-state index in [1.165, 1.54) is 11.3 Å². The maximum Gasteiger partial charge on any atom is 0.321 e. The predicted molar refractivity (Wildman–Crippen MR) is 105 cm³/mol. The van der Waals surface area contributed by atoms with Gasteiger partial charge < -0.3 is 15.1 Å². The fourth-order valence-corrected chi connectivity index (χ4v) is 3.55. The first-order chi connectivity index (χ1) is 12.7. The van der Waals surface area contributed by atoms with Crippen LogP contribution in [0.4, 0.5) is 16.2 Å². The number of urea groups is 1. The van der Waals surface area contributed by atoms with Gasteiger partial charge in [-0.2, -0.15) is 5.10 Å². The van der Waals surface area contributed by atoms with Crippen LogP contribution in [0.25, 0.3) is 10.9 Å². The number of anilines is 2. The first-order valence-electron chi connectivity index (χ1n) is 9.01. The lowest BCUT2D eigenvalue weighted by Crippen LogP contribution is -2.38. The summed E-state index contributed by atoms with van der Waals surface area (Å²) in [6.45, 7) is 5.41. The highest BCUT2D eigenvalue weighted by Gasteiger charge is 2.20. The molecule has 0 atom stereocenters. The molecule has 1 aromatic heterocycles. The maximum absolute atomic E-state index is 12.8. The summed E-state index contributed by atoms with van der Waals surface area (Å²) in [7, 11) is 0. The van der Waals surface area contributed by atoms with Gasteiger partial charge in [-0.25, -0.2) is 4.79 Å². The summed E-state index contributed by atoms with van der Waals surface area (Å²) < 4.78 is 0. The molecule has 2 aromatic carbocycles. The second-order valence-electron chi connectivity index (χ2n) is 6.68. The Morgan fingerprint density at radius 1 is 1.08 bits per heavy atom. The number of H-pyrrole nitrogens is 1. The standard InChI is InChI=1S/C20H23N5O/c1-15-6-2-3-9-19(15)24-10-5-11-25(13-12-24)20(26)22-17-7-4-8-18-16(17)14-21-23-18/h2-4,6-9,14H,5,10-13H2,1H3,(H,21,23)(H,22,26). The summed E-state index contributed by atoms with van der Waals surface area (Å²) in [5.74, 6) is 0. The number of aromatic amines is 1. The van der Waals surface area contributed by atoms with Crippen molar-refractivity contribution >= 4 is 28.3 Å². The number of hydrogen-bond donors (Lipinski definition) is 2. The molecule has 0 unspecified atom stereocenters. The van der Waals surface area contributed by atoms with Gasteiger partial charge >= 0.3 is 6.03 Å². The lowest BCUT2D eigenvalue weighted by atomic mass is 10.2. The molecule has 2 N–H and O–H groups in total. The average molecular weight is 349 g/mol. The molecule has 4 rings (SSSR count). The van der Waals surface area contributed by atoms with Crippen LogP contribution in [0, 0.1) is 6.92 Å². The highest BCUT2D eigenvalue weighted by Crippen LogP contribution is 2.23. The molecular weight excluding hydrogens is 326 g/mol. The number of nitrogens with one attached hydrogen (secondary N) is 2. The van der Waals surface area contributed by atoms with E-state index in [-0.39, 0.29) is 6.03 Å². The Balaban J connectivity index is 1.45. The van der Waals surface area contributed by atoms with E-state index in [1.54, 1.807) is 6.20 Å². The van der Waals surface area contributed by atoms with Crippen molar-refractivity contribution in [3.05, 3.63) is 54.2 Å².